The van der Waals surface area contributed by atoms with Crippen LogP contribution in [0.2, 0.25) is 5.02 Å². The fraction of sp³-hybridized carbons (Fsp3) is 0.0952. The lowest BCUT2D eigenvalue weighted by molar-refractivity contribution is 0.0758. The van der Waals surface area contributed by atoms with Gasteiger partial charge in [-0.05, 0) is 41.8 Å². The van der Waals surface area contributed by atoms with Gasteiger partial charge in [0, 0.05) is 45.2 Å². The largest absolute Gasteiger partial charge is 0.361 e. The average Bonchev–Trinajstić information content (AvgIpc) is 3.33. The smallest absolute Gasteiger partial charge is 0.254 e. The van der Waals surface area contributed by atoms with Crippen molar-refractivity contribution in [2.75, 3.05) is 7.05 Å². The molecule has 5 heteroatoms. The van der Waals surface area contributed by atoms with Crippen molar-refractivity contribution in [1.82, 2.24) is 9.88 Å². The number of fused-ring (bicyclic) bond motifs is 1. The van der Waals surface area contributed by atoms with Crippen LogP contribution in [-0.4, -0.2) is 22.8 Å². The highest BCUT2D eigenvalue weighted by molar-refractivity contribution is 7.10. The SMILES string of the molecule is CN(C(=O)c1ccc(Cl)cc1)[C@@H](c1cccs1)c1c[nH]c2ccccc12. The lowest BCUT2D eigenvalue weighted by Crippen LogP contribution is -2.31. The molecular weight excluding hydrogens is 364 g/mol. The number of aromatic amines is 1. The first-order valence-electron chi connectivity index (χ1n) is 8.27. The summed E-state index contributed by atoms with van der Waals surface area (Å²) < 4.78 is 0. The highest BCUT2D eigenvalue weighted by atomic mass is 35.5. The predicted octanol–water partition coefficient (Wildman–Crippen LogP) is 5.74. The average molecular weight is 381 g/mol. The highest BCUT2D eigenvalue weighted by Gasteiger charge is 2.27. The number of aromatic nitrogens is 1. The topological polar surface area (TPSA) is 36.1 Å². The van der Waals surface area contributed by atoms with Gasteiger partial charge in [-0.3, -0.25) is 4.79 Å². The van der Waals surface area contributed by atoms with E-state index in [2.05, 4.69) is 17.1 Å². The van der Waals surface area contributed by atoms with Crippen LogP contribution in [-0.2, 0) is 0 Å². The first-order chi connectivity index (χ1) is 12.6. The normalized spacial score (nSPS) is 12.2. The van der Waals surface area contributed by atoms with Gasteiger partial charge >= 0.3 is 0 Å². The molecule has 0 aliphatic carbocycles. The number of halogens is 1. The molecule has 1 amide bonds. The highest BCUT2D eigenvalue weighted by Crippen LogP contribution is 2.36. The minimum absolute atomic E-state index is 0.0367. The number of benzene rings is 2. The van der Waals surface area contributed by atoms with E-state index in [9.17, 15) is 4.79 Å². The molecule has 0 spiro atoms. The molecule has 2 aromatic carbocycles. The summed E-state index contributed by atoms with van der Waals surface area (Å²) in [5.74, 6) is -0.0367. The van der Waals surface area contributed by atoms with E-state index >= 15 is 0 Å². The summed E-state index contributed by atoms with van der Waals surface area (Å²) >= 11 is 7.61. The molecule has 0 saturated carbocycles. The number of hydrogen-bond donors (Lipinski definition) is 1. The Morgan fingerprint density at radius 3 is 2.58 bits per heavy atom. The van der Waals surface area contributed by atoms with Gasteiger partial charge in [0.15, 0.2) is 0 Å². The molecule has 4 rings (SSSR count). The predicted molar refractivity (Wildman–Crippen MR) is 108 cm³/mol. The van der Waals surface area contributed by atoms with Crippen LogP contribution < -0.4 is 0 Å². The molecule has 0 aliphatic rings. The Labute approximate surface area is 160 Å². The Hall–Kier alpha value is -2.56. The van der Waals surface area contributed by atoms with Gasteiger partial charge in [-0.25, -0.2) is 0 Å². The standard InChI is InChI=1S/C21H17ClN2OS/c1-24(21(25)14-8-10-15(22)11-9-14)20(19-7-4-12-26-19)17-13-23-18-6-3-2-5-16(17)18/h2-13,20,23H,1H3/t20-/m1/s1. The first-order valence-corrected chi connectivity index (χ1v) is 9.53. The lowest BCUT2D eigenvalue weighted by Gasteiger charge is -2.27. The summed E-state index contributed by atoms with van der Waals surface area (Å²) in [6.45, 7) is 0. The summed E-state index contributed by atoms with van der Waals surface area (Å²) in [7, 11) is 1.85. The van der Waals surface area contributed by atoms with E-state index in [-0.39, 0.29) is 11.9 Å². The van der Waals surface area contributed by atoms with Crippen molar-refractivity contribution in [3.05, 3.63) is 93.3 Å². The van der Waals surface area contributed by atoms with Crippen molar-refractivity contribution in [2.45, 2.75) is 6.04 Å². The Balaban J connectivity index is 1.79. The van der Waals surface area contributed by atoms with Gasteiger partial charge in [0.1, 0.15) is 0 Å². The number of H-pyrrole nitrogens is 1. The van der Waals surface area contributed by atoms with E-state index in [0.29, 0.717) is 10.6 Å². The van der Waals surface area contributed by atoms with Crippen LogP contribution in [0.5, 0.6) is 0 Å². The summed E-state index contributed by atoms with van der Waals surface area (Å²) in [5.41, 5.74) is 2.78. The molecular formula is C21H17ClN2OS. The number of hydrogen-bond acceptors (Lipinski definition) is 2. The maximum atomic E-state index is 13.1. The first kappa shape index (κ1) is 16.9. The minimum atomic E-state index is -0.158. The third kappa shape index (κ3) is 3.02. The lowest BCUT2D eigenvalue weighted by atomic mass is 10.0. The second-order valence-corrected chi connectivity index (χ2v) is 7.55. The molecule has 0 aliphatic heterocycles. The van der Waals surface area contributed by atoms with E-state index in [4.69, 9.17) is 11.6 Å². The maximum absolute atomic E-state index is 13.1. The summed E-state index contributed by atoms with van der Waals surface area (Å²) in [6.07, 6.45) is 2.00. The fourth-order valence-electron chi connectivity index (χ4n) is 3.23. The minimum Gasteiger partial charge on any atom is -0.361 e. The molecule has 0 bridgehead atoms. The van der Waals surface area contributed by atoms with Crippen molar-refractivity contribution in [2.24, 2.45) is 0 Å². The summed E-state index contributed by atoms with van der Waals surface area (Å²) in [6, 6.07) is 19.1. The molecule has 0 fully saturated rings. The molecule has 0 saturated heterocycles. The third-order valence-electron chi connectivity index (χ3n) is 4.53. The molecule has 3 nitrogen and oxygen atoms in total. The number of nitrogens with one attached hydrogen (secondary N) is 1. The Bertz CT molecular complexity index is 1040. The van der Waals surface area contributed by atoms with Crippen LogP contribution in [0.15, 0.2) is 72.2 Å². The number of nitrogens with zero attached hydrogens (tertiary/aromatic N) is 1. The van der Waals surface area contributed by atoms with E-state index in [1.54, 1.807) is 40.5 Å². The van der Waals surface area contributed by atoms with Crippen molar-refractivity contribution < 1.29 is 4.79 Å². The number of amides is 1. The molecule has 0 radical (unpaired) electrons. The second-order valence-electron chi connectivity index (χ2n) is 6.13. The van der Waals surface area contributed by atoms with Gasteiger partial charge in [0.2, 0.25) is 0 Å². The molecule has 26 heavy (non-hydrogen) atoms. The van der Waals surface area contributed by atoms with Gasteiger partial charge in [-0.15, -0.1) is 11.3 Å². The van der Waals surface area contributed by atoms with Gasteiger partial charge in [0.25, 0.3) is 5.91 Å². The van der Waals surface area contributed by atoms with Crippen molar-refractivity contribution in [3.63, 3.8) is 0 Å². The van der Waals surface area contributed by atoms with Gasteiger partial charge < -0.3 is 9.88 Å². The zero-order valence-electron chi connectivity index (χ0n) is 14.1. The van der Waals surface area contributed by atoms with Crippen LogP contribution in [0.3, 0.4) is 0 Å². The summed E-state index contributed by atoms with van der Waals surface area (Å²) in [4.78, 5) is 19.3. The molecule has 2 aromatic heterocycles. The number of rotatable bonds is 4. The molecule has 1 N–H and O–H groups in total. The number of para-hydroxylation sites is 1. The number of carbonyl (C=O) groups excluding carboxylic acids is 1. The Kier molecular flexibility index (Phi) is 4.53. The maximum Gasteiger partial charge on any atom is 0.254 e. The van der Waals surface area contributed by atoms with Crippen LogP contribution in [0, 0.1) is 0 Å². The van der Waals surface area contributed by atoms with Gasteiger partial charge in [-0.2, -0.15) is 0 Å². The van der Waals surface area contributed by atoms with E-state index in [0.717, 1.165) is 21.3 Å². The number of thiophene rings is 1. The second kappa shape index (κ2) is 6.98. The van der Waals surface area contributed by atoms with Crippen LogP contribution in [0.4, 0.5) is 0 Å². The number of carbonyl (C=O) groups is 1. The van der Waals surface area contributed by atoms with Gasteiger partial charge in [0.05, 0.1) is 6.04 Å². The molecule has 4 aromatic rings. The molecule has 130 valence electrons. The Morgan fingerprint density at radius 1 is 1.08 bits per heavy atom. The van der Waals surface area contributed by atoms with Crippen LogP contribution in [0.1, 0.15) is 26.8 Å². The van der Waals surface area contributed by atoms with E-state index in [1.165, 1.54) is 0 Å². The van der Waals surface area contributed by atoms with E-state index < -0.39 is 0 Å². The zero-order chi connectivity index (χ0) is 18.1. The Morgan fingerprint density at radius 2 is 1.85 bits per heavy atom. The summed E-state index contributed by atoms with van der Waals surface area (Å²) in [5, 5.41) is 3.79. The quantitative estimate of drug-likeness (QED) is 0.481. The van der Waals surface area contributed by atoms with Crippen LogP contribution in [0.25, 0.3) is 10.9 Å². The third-order valence-corrected chi connectivity index (χ3v) is 5.70. The molecule has 1 atom stereocenters. The monoisotopic (exact) mass is 380 g/mol. The van der Waals surface area contributed by atoms with Crippen molar-refractivity contribution >= 4 is 39.7 Å². The molecule has 2 heterocycles. The van der Waals surface area contributed by atoms with E-state index in [1.807, 2.05) is 42.9 Å². The van der Waals surface area contributed by atoms with Gasteiger partial charge in [-0.1, -0.05) is 35.9 Å². The zero-order valence-corrected chi connectivity index (χ0v) is 15.7. The molecule has 0 unspecified atom stereocenters. The van der Waals surface area contributed by atoms with Crippen molar-refractivity contribution in [1.29, 1.82) is 0 Å². The van der Waals surface area contributed by atoms with Crippen molar-refractivity contribution in [3.8, 4) is 0 Å². The van der Waals surface area contributed by atoms with Crippen LogP contribution >= 0.6 is 22.9 Å². The fourth-order valence-corrected chi connectivity index (χ4v) is 4.24.